The van der Waals surface area contributed by atoms with Gasteiger partial charge in [-0.15, -0.1) is 0 Å². The number of carbonyl (C=O) groups excluding carboxylic acids is 3. The predicted octanol–water partition coefficient (Wildman–Crippen LogP) is 5.15. The Morgan fingerprint density at radius 2 is 1.71 bits per heavy atom. The second kappa shape index (κ2) is 9.24. The van der Waals surface area contributed by atoms with E-state index in [2.05, 4.69) is 0 Å². The van der Waals surface area contributed by atoms with E-state index >= 15 is 0 Å². The fraction of sp³-hybridized carbons (Fsp3) is 0.333. The number of ketones is 2. The van der Waals surface area contributed by atoms with Gasteiger partial charge >= 0.3 is 6.09 Å². The van der Waals surface area contributed by atoms with Gasteiger partial charge in [-0.3, -0.25) is 14.4 Å². The fourth-order valence-corrected chi connectivity index (χ4v) is 6.36. The molecule has 194 valence electrons. The Balaban J connectivity index is 1.36. The van der Waals surface area contributed by atoms with Crippen molar-refractivity contribution >= 4 is 29.3 Å². The Bertz CT molecular complexity index is 1540. The minimum Gasteiger partial charge on any atom is -0.408 e. The van der Waals surface area contributed by atoms with Crippen molar-refractivity contribution in [1.29, 1.82) is 0 Å². The number of fused-ring (bicyclic) bond motifs is 3. The molecule has 1 aliphatic carbocycles. The molecule has 1 spiro atoms. The number of likely N-dealkylation sites (tertiary alicyclic amines) is 1. The van der Waals surface area contributed by atoms with Crippen LogP contribution in [0.5, 0.6) is 5.75 Å². The van der Waals surface area contributed by atoms with Crippen LogP contribution in [0.2, 0.25) is 5.02 Å². The van der Waals surface area contributed by atoms with Crippen LogP contribution < -0.4 is 10.3 Å². The van der Waals surface area contributed by atoms with Crippen molar-refractivity contribution in [3.05, 3.63) is 75.5 Å². The lowest BCUT2D eigenvalue weighted by Crippen LogP contribution is -2.48. The normalized spacial score (nSPS) is 19.8. The molecule has 1 amide bonds. The van der Waals surface area contributed by atoms with E-state index in [1.807, 2.05) is 42.5 Å². The summed E-state index contributed by atoms with van der Waals surface area (Å²) in [6.45, 7) is 2.76. The summed E-state index contributed by atoms with van der Waals surface area (Å²) < 4.78 is 7.67. The Morgan fingerprint density at radius 3 is 2.39 bits per heavy atom. The summed E-state index contributed by atoms with van der Waals surface area (Å²) >= 11 is 6.32. The van der Waals surface area contributed by atoms with Gasteiger partial charge in [0.05, 0.1) is 16.7 Å². The van der Waals surface area contributed by atoms with E-state index < -0.39 is 11.5 Å². The van der Waals surface area contributed by atoms with E-state index in [1.54, 1.807) is 28.5 Å². The number of aromatic nitrogens is 1. The number of benzene rings is 2. The Labute approximate surface area is 225 Å². The zero-order valence-electron chi connectivity index (χ0n) is 21.0. The van der Waals surface area contributed by atoms with Crippen molar-refractivity contribution in [1.82, 2.24) is 9.47 Å². The molecule has 2 aromatic carbocycles. The molecule has 1 saturated heterocycles. The number of halogens is 1. The molecule has 1 saturated carbocycles. The van der Waals surface area contributed by atoms with Gasteiger partial charge in [-0.25, -0.2) is 4.79 Å². The molecular formula is C30H27ClN2O5. The van der Waals surface area contributed by atoms with Gasteiger partial charge in [0.15, 0.2) is 5.75 Å². The van der Waals surface area contributed by atoms with Gasteiger partial charge in [-0.05, 0) is 48.6 Å². The van der Waals surface area contributed by atoms with Gasteiger partial charge in [0.25, 0.3) is 5.56 Å². The van der Waals surface area contributed by atoms with Crippen LogP contribution in [0.25, 0.3) is 22.4 Å². The first-order valence-electron chi connectivity index (χ1n) is 12.9. The zero-order valence-corrected chi connectivity index (χ0v) is 21.8. The summed E-state index contributed by atoms with van der Waals surface area (Å²) in [5.41, 5.74) is 2.35. The second-order valence-electron chi connectivity index (χ2n) is 10.5. The van der Waals surface area contributed by atoms with Crippen LogP contribution in [0.15, 0.2) is 59.4 Å². The minimum absolute atomic E-state index is 0.00647. The monoisotopic (exact) mass is 530 g/mol. The molecule has 0 N–H and O–H groups in total. The van der Waals surface area contributed by atoms with E-state index in [-0.39, 0.29) is 48.3 Å². The third-order valence-electron chi connectivity index (χ3n) is 8.29. The topological polar surface area (TPSA) is 85.7 Å². The molecule has 3 aromatic rings. The van der Waals surface area contributed by atoms with E-state index in [0.29, 0.717) is 42.1 Å². The standard InChI is InChI=1S/C30H27ClN2O5/c1-18-15-25(34)30(27(18)35)10-13-32(14-11-30)29(37)38-24-17-23(19-5-3-2-4-6-19)28(36)33-12-9-20-7-8-21(31)16-22(20)26(24)33/h2-8,16-18H,9-15H2,1H3. The Morgan fingerprint density at radius 1 is 0.974 bits per heavy atom. The van der Waals surface area contributed by atoms with E-state index in [4.69, 9.17) is 16.3 Å². The van der Waals surface area contributed by atoms with Gasteiger partial charge in [-0.2, -0.15) is 0 Å². The van der Waals surface area contributed by atoms with Crippen LogP contribution in [-0.4, -0.2) is 40.2 Å². The van der Waals surface area contributed by atoms with Crippen LogP contribution in [-0.2, 0) is 22.6 Å². The molecule has 1 atom stereocenters. The van der Waals surface area contributed by atoms with Gasteiger partial charge in [-0.1, -0.05) is 54.9 Å². The van der Waals surface area contributed by atoms with Crippen molar-refractivity contribution in [3.63, 3.8) is 0 Å². The SMILES string of the molecule is CC1CC(=O)C2(CCN(C(=O)Oc3cc(-c4ccccc4)c(=O)n4c3-c3cc(Cl)ccc3CC4)CC2)C1=O. The third kappa shape index (κ3) is 3.88. The molecule has 0 radical (unpaired) electrons. The second-order valence-corrected chi connectivity index (χ2v) is 10.9. The highest BCUT2D eigenvalue weighted by Gasteiger charge is 2.54. The lowest BCUT2D eigenvalue weighted by Gasteiger charge is -2.36. The molecule has 38 heavy (non-hydrogen) atoms. The number of ether oxygens (including phenoxy) is 1. The summed E-state index contributed by atoms with van der Waals surface area (Å²) in [6, 6.07) is 16.5. The molecule has 6 rings (SSSR count). The summed E-state index contributed by atoms with van der Waals surface area (Å²) in [7, 11) is 0. The maximum Gasteiger partial charge on any atom is 0.415 e. The quantitative estimate of drug-likeness (QED) is 0.428. The van der Waals surface area contributed by atoms with Crippen molar-refractivity contribution in [2.75, 3.05) is 13.1 Å². The van der Waals surface area contributed by atoms with Crippen LogP contribution in [0.4, 0.5) is 4.79 Å². The highest BCUT2D eigenvalue weighted by molar-refractivity contribution is 6.31. The number of nitrogens with zero attached hydrogens (tertiary/aromatic N) is 2. The lowest BCUT2D eigenvalue weighted by atomic mass is 9.75. The molecule has 2 aliphatic heterocycles. The molecule has 3 aliphatic rings. The van der Waals surface area contributed by atoms with Crippen LogP contribution in [0.1, 0.15) is 31.7 Å². The van der Waals surface area contributed by atoms with Crippen LogP contribution in [0.3, 0.4) is 0 Å². The van der Waals surface area contributed by atoms with Gasteiger partial charge in [0.1, 0.15) is 11.6 Å². The van der Waals surface area contributed by atoms with Crippen molar-refractivity contribution in [2.45, 2.75) is 39.2 Å². The largest absolute Gasteiger partial charge is 0.415 e. The average molecular weight is 531 g/mol. The number of Topliss-reactive ketones (excluding diaryl/α,β-unsaturated/α-hetero) is 2. The molecule has 2 fully saturated rings. The van der Waals surface area contributed by atoms with Gasteiger partial charge < -0.3 is 14.2 Å². The maximum atomic E-state index is 13.6. The first-order chi connectivity index (χ1) is 18.3. The molecule has 8 heteroatoms. The van der Waals surface area contributed by atoms with Crippen molar-refractivity contribution < 1.29 is 19.1 Å². The van der Waals surface area contributed by atoms with E-state index in [0.717, 1.165) is 16.7 Å². The lowest BCUT2D eigenvalue weighted by molar-refractivity contribution is -0.138. The van der Waals surface area contributed by atoms with E-state index in [9.17, 15) is 19.2 Å². The highest BCUT2D eigenvalue weighted by Crippen LogP contribution is 2.44. The third-order valence-corrected chi connectivity index (χ3v) is 8.52. The minimum atomic E-state index is -0.967. The Hall–Kier alpha value is -3.71. The van der Waals surface area contributed by atoms with Crippen molar-refractivity contribution in [2.24, 2.45) is 11.3 Å². The molecular weight excluding hydrogens is 504 g/mol. The number of hydrogen-bond acceptors (Lipinski definition) is 5. The highest BCUT2D eigenvalue weighted by atomic mass is 35.5. The number of pyridine rings is 1. The summed E-state index contributed by atoms with van der Waals surface area (Å²) in [6.07, 6.45) is 0.979. The van der Waals surface area contributed by atoms with Gasteiger partial charge in [0.2, 0.25) is 0 Å². The van der Waals surface area contributed by atoms with Crippen molar-refractivity contribution in [3.8, 4) is 28.1 Å². The summed E-state index contributed by atoms with van der Waals surface area (Å²) in [5, 5.41) is 0.524. The number of aryl methyl sites for hydroxylation is 1. The number of rotatable bonds is 2. The van der Waals surface area contributed by atoms with Crippen LogP contribution in [0, 0.1) is 11.3 Å². The molecule has 1 aromatic heterocycles. The summed E-state index contributed by atoms with van der Waals surface area (Å²) in [5.74, 6) is -0.00873. The molecule has 0 bridgehead atoms. The predicted molar refractivity (Wildman–Crippen MR) is 143 cm³/mol. The Kier molecular flexibility index (Phi) is 5.99. The molecule has 1 unspecified atom stereocenters. The maximum absolute atomic E-state index is 13.6. The number of carbonyl (C=O) groups is 3. The van der Waals surface area contributed by atoms with Gasteiger partial charge in [0, 0.05) is 42.6 Å². The van der Waals surface area contributed by atoms with E-state index in [1.165, 1.54) is 0 Å². The number of amides is 1. The first kappa shape index (κ1) is 24.6. The smallest absolute Gasteiger partial charge is 0.408 e. The van der Waals surface area contributed by atoms with Crippen LogP contribution >= 0.6 is 11.6 Å². The molecule has 3 heterocycles. The summed E-state index contributed by atoms with van der Waals surface area (Å²) in [4.78, 5) is 54.0. The number of piperidine rings is 1. The number of hydrogen-bond donors (Lipinski definition) is 0. The molecule has 7 nitrogen and oxygen atoms in total. The average Bonchev–Trinajstić information content (AvgIpc) is 3.13. The first-order valence-corrected chi connectivity index (χ1v) is 13.3. The zero-order chi connectivity index (χ0) is 26.6. The fourth-order valence-electron chi connectivity index (χ4n) is 6.18.